The van der Waals surface area contributed by atoms with Gasteiger partial charge in [0.15, 0.2) is 0 Å². The minimum absolute atomic E-state index is 0.287. The Morgan fingerprint density at radius 2 is 1.92 bits per heavy atom. The number of hydrogen-bond acceptors (Lipinski definition) is 5. The molecule has 1 unspecified atom stereocenters. The second-order valence-electron chi connectivity index (χ2n) is 5.22. The quantitative estimate of drug-likeness (QED) is 0.504. The number of pyridine rings is 2. The van der Waals surface area contributed by atoms with Gasteiger partial charge in [0.2, 0.25) is 0 Å². The molecular formula is C17H13N5S2. The number of rotatable bonds is 3. The minimum Gasteiger partial charge on any atom is -0.393 e. The molecule has 0 radical (unpaired) electrons. The van der Waals surface area contributed by atoms with Crippen LogP contribution in [0, 0.1) is 11.3 Å². The van der Waals surface area contributed by atoms with Crippen LogP contribution in [0.15, 0.2) is 59.6 Å². The molecule has 0 aliphatic carbocycles. The van der Waals surface area contributed by atoms with Gasteiger partial charge in [0, 0.05) is 36.3 Å². The van der Waals surface area contributed by atoms with Crippen molar-refractivity contribution < 1.29 is 0 Å². The predicted molar refractivity (Wildman–Crippen MR) is 102 cm³/mol. The van der Waals surface area contributed by atoms with E-state index in [1.165, 1.54) is 0 Å². The molecule has 3 N–H and O–H groups in total. The van der Waals surface area contributed by atoms with Crippen LogP contribution in [0.1, 0.15) is 17.0 Å². The molecule has 0 saturated heterocycles. The van der Waals surface area contributed by atoms with Crippen LogP contribution in [0.4, 0.5) is 0 Å². The first-order valence-corrected chi connectivity index (χ1v) is 7.97. The van der Waals surface area contributed by atoms with E-state index in [1.54, 1.807) is 24.8 Å². The first-order valence-electron chi connectivity index (χ1n) is 7.15. The molecule has 3 rings (SSSR count). The summed E-state index contributed by atoms with van der Waals surface area (Å²) < 4.78 is 0. The average molecular weight is 351 g/mol. The molecule has 1 aliphatic rings. The zero-order valence-corrected chi connectivity index (χ0v) is 14.1. The van der Waals surface area contributed by atoms with E-state index in [4.69, 9.17) is 35.6 Å². The van der Waals surface area contributed by atoms with Crippen LogP contribution in [-0.2, 0) is 0 Å². The van der Waals surface area contributed by atoms with Crippen LogP contribution in [0.3, 0.4) is 0 Å². The lowest BCUT2D eigenvalue weighted by Gasteiger charge is -2.32. The predicted octanol–water partition coefficient (Wildman–Crippen LogP) is 2.47. The van der Waals surface area contributed by atoms with Crippen LogP contribution in [-0.4, -0.2) is 31.5 Å². The summed E-state index contributed by atoms with van der Waals surface area (Å²) >= 11 is 10.7. The summed E-state index contributed by atoms with van der Waals surface area (Å²) in [6, 6.07) is 7.44. The Labute approximate surface area is 149 Å². The highest BCUT2D eigenvalue weighted by molar-refractivity contribution is 7.81. The summed E-state index contributed by atoms with van der Waals surface area (Å²) in [5.41, 5.74) is 8.94. The van der Waals surface area contributed by atoms with E-state index in [0.29, 0.717) is 16.3 Å². The van der Waals surface area contributed by atoms with E-state index in [2.05, 4.69) is 20.8 Å². The number of hydrogen-bond donors (Lipinski definition) is 2. The van der Waals surface area contributed by atoms with Crippen molar-refractivity contribution >= 4 is 46.0 Å². The summed E-state index contributed by atoms with van der Waals surface area (Å²) in [7, 11) is 0. The van der Waals surface area contributed by atoms with E-state index in [0.717, 1.165) is 11.1 Å². The lowest BCUT2D eigenvalue weighted by molar-refractivity contribution is 0.756. The molecule has 0 aromatic carbocycles. The molecule has 5 nitrogen and oxygen atoms in total. The van der Waals surface area contributed by atoms with Crippen LogP contribution >= 0.6 is 24.4 Å². The normalized spacial score (nSPS) is 20.2. The smallest absolute Gasteiger partial charge is 0.139 e. The summed E-state index contributed by atoms with van der Waals surface area (Å²) in [4.78, 5) is 13.3. The Morgan fingerprint density at radius 1 is 1.17 bits per heavy atom. The summed E-state index contributed by atoms with van der Waals surface area (Å²) in [5, 5.41) is 7.65. The molecule has 0 fully saturated rings. The van der Waals surface area contributed by atoms with Gasteiger partial charge >= 0.3 is 0 Å². The van der Waals surface area contributed by atoms with Crippen molar-refractivity contribution in [2.45, 2.75) is 5.92 Å². The molecule has 2 atom stereocenters. The van der Waals surface area contributed by atoms with Gasteiger partial charge in [-0.15, -0.1) is 0 Å². The number of nitrogens with zero attached hydrogens (tertiary/aromatic N) is 3. The van der Waals surface area contributed by atoms with E-state index >= 15 is 0 Å². The van der Waals surface area contributed by atoms with Gasteiger partial charge in [-0.25, -0.2) is 4.99 Å². The Morgan fingerprint density at radius 3 is 2.50 bits per heavy atom. The fraction of sp³-hybridized carbons (Fsp3) is 0.118. The van der Waals surface area contributed by atoms with Crippen LogP contribution in [0.5, 0.6) is 0 Å². The lowest BCUT2D eigenvalue weighted by Crippen LogP contribution is -2.40. The van der Waals surface area contributed by atoms with Crippen LogP contribution < -0.4 is 5.73 Å². The van der Waals surface area contributed by atoms with Gasteiger partial charge in [-0.3, -0.25) is 15.4 Å². The van der Waals surface area contributed by atoms with E-state index < -0.39 is 5.92 Å². The number of aliphatic imine (C=N–C) groups is 1. The Hall–Kier alpha value is -2.60. The van der Waals surface area contributed by atoms with Crippen molar-refractivity contribution in [1.29, 1.82) is 5.41 Å². The van der Waals surface area contributed by atoms with Crippen molar-refractivity contribution in [2.75, 3.05) is 0 Å². The monoisotopic (exact) mass is 351 g/mol. The van der Waals surface area contributed by atoms with Gasteiger partial charge in [-0.1, -0.05) is 30.5 Å². The Balaban J connectivity index is 2.23. The highest BCUT2D eigenvalue weighted by Gasteiger charge is 2.39. The zero-order chi connectivity index (χ0) is 17.1. The maximum Gasteiger partial charge on any atom is 0.139 e. The molecule has 2 aromatic rings. The number of nitrogens with one attached hydrogen (secondary N) is 1. The molecule has 1 aliphatic heterocycles. The molecule has 0 amide bonds. The highest BCUT2D eigenvalue weighted by Crippen LogP contribution is 2.38. The molecule has 24 heavy (non-hydrogen) atoms. The fourth-order valence-electron chi connectivity index (χ4n) is 2.82. The number of nitrogens with two attached hydrogens (primary N) is 1. The molecule has 3 heterocycles. The molecule has 0 spiro atoms. The van der Waals surface area contributed by atoms with Crippen molar-refractivity contribution in [1.82, 2.24) is 9.97 Å². The summed E-state index contributed by atoms with van der Waals surface area (Å²) in [5.74, 6) is 1.71. The van der Waals surface area contributed by atoms with Crippen LogP contribution in [0.25, 0.3) is 0 Å². The lowest BCUT2D eigenvalue weighted by atomic mass is 9.75. The Bertz CT molecular complexity index is 870. The zero-order valence-electron chi connectivity index (χ0n) is 12.5. The average Bonchev–Trinajstić information content (AvgIpc) is 2.62. The third kappa shape index (κ3) is 2.92. The molecular weight excluding hydrogens is 338 g/mol. The molecule has 7 heteroatoms. The summed E-state index contributed by atoms with van der Waals surface area (Å²) in [6.45, 7) is 0. The second kappa shape index (κ2) is 6.88. The van der Waals surface area contributed by atoms with Crippen molar-refractivity contribution in [3.05, 3.63) is 65.8 Å². The first kappa shape index (κ1) is 16.3. The van der Waals surface area contributed by atoms with Crippen molar-refractivity contribution in [3.8, 4) is 0 Å². The van der Waals surface area contributed by atoms with Gasteiger partial charge in [-0.05, 0) is 29.6 Å². The third-order valence-electron chi connectivity index (χ3n) is 3.86. The van der Waals surface area contributed by atoms with Crippen molar-refractivity contribution in [2.24, 2.45) is 16.6 Å². The van der Waals surface area contributed by atoms with E-state index in [1.807, 2.05) is 24.3 Å². The van der Waals surface area contributed by atoms with E-state index in [9.17, 15) is 0 Å². The topological polar surface area (TPSA) is 88.0 Å². The van der Waals surface area contributed by atoms with E-state index in [-0.39, 0.29) is 10.9 Å². The van der Waals surface area contributed by atoms with Gasteiger partial charge in [0.1, 0.15) is 4.99 Å². The van der Waals surface area contributed by atoms with Gasteiger partial charge in [-0.2, -0.15) is 0 Å². The van der Waals surface area contributed by atoms with Gasteiger partial charge in [0.05, 0.1) is 22.2 Å². The molecule has 2 aromatic heterocycles. The van der Waals surface area contributed by atoms with Gasteiger partial charge in [0.25, 0.3) is 0 Å². The number of thiocarbonyl (C=S) groups is 2. The minimum atomic E-state index is -0.397. The SMILES string of the molecule is N=C=C1C(=S)N=C(c2cccnc2)C(C(N)=S)[C@@H]1c1ccncc1. The third-order valence-corrected chi connectivity index (χ3v) is 4.42. The molecule has 0 bridgehead atoms. The largest absolute Gasteiger partial charge is 0.393 e. The highest BCUT2D eigenvalue weighted by atomic mass is 32.1. The maximum atomic E-state index is 7.65. The molecule has 0 saturated carbocycles. The first-order chi connectivity index (χ1) is 11.6. The van der Waals surface area contributed by atoms with Crippen molar-refractivity contribution in [3.63, 3.8) is 0 Å². The fourth-order valence-corrected chi connectivity index (χ4v) is 3.34. The number of aromatic nitrogens is 2. The second-order valence-corrected chi connectivity index (χ2v) is 6.08. The standard InChI is InChI=1S/C17H13N5S2/c18-8-12-13(10-3-6-20-7-4-10)14(16(19)23)15(22-17(12)24)11-2-1-5-21-9-11/h1-7,9,13-14,18H,(H2,19,23)/t13-,14?/m1/s1. The van der Waals surface area contributed by atoms with Crippen LogP contribution in [0.2, 0.25) is 0 Å². The maximum absolute atomic E-state index is 7.65. The Kier molecular flexibility index (Phi) is 4.66. The summed E-state index contributed by atoms with van der Waals surface area (Å²) in [6.07, 6.45) is 6.76. The molecule has 118 valence electrons. The van der Waals surface area contributed by atoms with Gasteiger partial charge < -0.3 is 5.73 Å².